The van der Waals surface area contributed by atoms with Gasteiger partial charge in [0.25, 0.3) is 0 Å². The molecule has 92 valence electrons. The van der Waals surface area contributed by atoms with E-state index in [1.165, 1.54) is 5.56 Å². The first-order valence-corrected chi connectivity index (χ1v) is 5.44. The summed E-state index contributed by atoms with van der Waals surface area (Å²) in [5.41, 5.74) is 7.53. The Labute approximate surface area is 100 Å². The molecule has 1 aromatic rings. The molecule has 2 N–H and O–H groups in total. The molecular weight excluding hydrogens is 220 g/mol. The minimum Gasteiger partial charge on any atom is -0.493 e. The Morgan fingerprint density at radius 2 is 1.82 bits per heavy atom. The first-order chi connectivity index (χ1) is 8.15. The molecule has 0 saturated heterocycles. The van der Waals surface area contributed by atoms with Crippen LogP contribution in [0.5, 0.6) is 11.5 Å². The number of hydrogen-bond donors (Lipinski definition) is 1. The Hall–Kier alpha value is -1.91. The lowest BCUT2D eigenvalue weighted by molar-refractivity contribution is 0.202. The Balaban J connectivity index is 2.35. The number of nitrogens with zero attached hydrogens (tertiary/aromatic N) is 1. The molecular formula is C12H16N2O3. The Morgan fingerprint density at radius 3 is 2.35 bits per heavy atom. The lowest BCUT2D eigenvalue weighted by Crippen LogP contribution is -2.39. The van der Waals surface area contributed by atoms with Crippen LogP contribution in [0.2, 0.25) is 0 Å². The number of methoxy groups -OCH3 is 2. The number of fused-ring (bicyclic) bond motifs is 1. The molecule has 17 heavy (non-hydrogen) atoms. The van der Waals surface area contributed by atoms with Crippen molar-refractivity contribution in [1.29, 1.82) is 0 Å². The van der Waals surface area contributed by atoms with Gasteiger partial charge in [0, 0.05) is 13.1 Å². The van der Waals surface area contributed by atoms with E-state index in [9.17, 15) is 4.79 Å². The molecule has 5 nitrogen and oxygen atoms in total. The van der Waals surface area contributed by atoms with Crippen LogP contribution in [-0.4, -0.2) is 31.7 Å². The maximum absolute atomic E-state index is 11.1. The summed E-state index contributed by atoms with van der Waals surface area (Å²) in [5, 5.41) is 0. The number of amides is 2. The predicted octanol–water partition coefficient (Wildman–Crippen LogP) is 1.14. The minimum absolute atomic E-state index is 0.384. The minimum atomic E-state index is -0.384. The molecule has 0 spiro atoms. The molecule has 0 bridgehead atoms. The molecule has 1 aromatic carbocycles. The highest BCUT2D eigenvalue weighted by Crippen LogP contribution is 2.33. The summed E-state index contributed by atoms with van der Waals surface area (Å²) < 4.78 is 10.5. The fourth-order valence-electron chi connectivity index (χ4n) is 2.07. The molecule has 0 aliphatic carbocycles. The van der Waals surface area contributed by atoms with Gasteiger partial charge < -0.3 is 20.1 Å². The van der Waals surface area contributed by atoms with Crippen LogP contribution in [-0.2, 0) is 13.0 Å². The van der Waals surface area contributed by atoms with Crippen LogP contribution in [0.15, 0.2) is 12.1 Å². The zero-order chi connectivity index (χ0) is 12.4. The zero-order valence-corrected chi connectivity index (χ0v) is 10.0. The Bertz CT molecular complexity index is 446. The van der Waals surface area contributed by atoms with Gasteiger partial charge in [0.2, 0.25) is 0 Å². The molecule has 1 heterocycles. The van der Waals surface area contributed by atoms with Crippen LogP contribution >= 0.6 is 0 Å². The average molecular weight is 236 g/mol. The lowest BCUT2D eigenvalue weighted by Gasteiger charge is -2.28. The molecule has 0 atom stereocenters. The van der Waals surface area contributed by atoms with Crippen molar-refractivity contribution < 1.29 is 14.3 Å². The van der Waals surface area contributed by atoms with E-state index in [-0.39, 0.29) is 6.03 Å². The fraction of sp³-hybridized carbons (Fsp3) is 0.417. The molecule has 0 unspecified atom stereocenters. The number of carbonyl (C=O) groups is 1. The summed E-state index contributed by atoms with van der Waals surface area (Å²) in [6, 6.07) is 3.49. The number of urea groups is 1. The maximum atomic E-state index is 11.1. The van der Waals surface area contributed by atoms with Gasteiger partial charge in [-0.2, -0.15) is 0 Å². The van der Waals surface area contributed by atoms with Crippen molar-refractivity contribution in [2.45, 2.75) is 13.0 Å². The van der Waals surface area contributed by atoms with Gasteiger partial charge in [-0.15, -0.1) is 0 Å². The summed E-state index contributed by atoms with van der Waals surface area (Å²) >= 11 is 0. The number of primary amides is 1. The molecule has 0 fully saturated rings. The van der Waals surface area contributed by atoms with E-state index in [4.69, 9.17) is 15.2 Å². The maximum Gasteiger partial charge on any atom is 0.315 e. The number of ether oxygens (including phenoxy) is 2. The van der Waals surface area contributed by atoms with Gasteiger partial charge >= 0.3 is 6.03 Å². The van der Waals surface area contributed by atoms with Gasteiger partial charge in [0.1, 0.15) is 0 Å². The Morgan fingerprint density at radius 1 is 1.24 bits per heavy atom. The second-order valence-corrected chi connectivity index (χ2v) is 3.99. The number of benzene rings is 1. The molecule has 0 aromatic heterocycles. The summed E-state index contributed by atoms with van der Waals surface area (Å²) in [7, 11) is 3.21. The highest BCUT2D eigenvalue weighted by atomic mass is 16.5. The fourth-order valence-corrected chi connectivity index (χ4v) is 2.07. The van der Waals surface area contributed by atoms with Gasteiger partial charge in [-0.3, -0.25) is 0 Å². The molecule has 0 radical (unpaired) electrons. The van der Waals surface area contributed by atoms with Crippen LogP contribution in [0.1, 0.15) is 11.1 Å². The quantitative estimate of drug-likeness (QED) is 0.837. The van der Waals surface area contributed by atoms with Gasteiger partial charge in [-0.25, -0.2) is 4.79 Å². The number of hydrogen-bond acceptors (Lipinski definition) is 3. The van der Waals surface area contributed by atoms with Gasteiger partial charge in [0.15, 0.2) is 11.5 Å². The summed E-state index contributed by atoms with van der Waals surface area (Å²) in [6.07, 6.45) is 0.790. The second kappa shape index (κ2) is 4.53. The lowest BCUT2D eigenvalue weighted by atomic mass is 9.99. The Kier molecular flexibility index (Phi) is 3.08. The molecule has 2 amide bonds. The molecule has 0 saturated carbocycles. The van der Waals surface area contributed by atoms with E-state index in [2.05, 4.69) is 0 Å². The predicted molar refractivity (Wildman–Crippen MR) is 63.2 cm³/mol. The van der Waals surface area contributed by atoms with E-state index in [1.54, 1.807) is 19.1 Å². The standard InChI is InChI=1S/C12H16N2O3/c1-16-10-5-8-3-4-14(12(13)15)7-9(8)6-11(10)17-2/h5-6H,3-4,7H2,1-2H3,(H2,13,15). The number of rotatable bonds is 2. The van der Waals surface area contributed by atoms with Crippen molar-refractivity contribution in [2.24, 2.45) is 5.73 Å². The van der Waals surface area contributed by atoms with E-state index >= 15 is 0 Å². The second-order valence-electron chi connectivity index (χ2n) is 3.99. The van der Waals surface area contributed by atoms with Gasteiger partial charge in [-0.1, -0.05) is 0 Å². The van der Waals surface area contributed by atoms with Crippen LogP contribution in [0, 0.1) is 0 Å². The van der Waals surface area contributed by atoms with Crippen LogP contribution in [0.3, 0.4) is 0 Å². The van der Waals surface area contributed by atoms with Gasteiger partial charge in [-0.05, 0) is 29.7 Å². The largest absolute Gasteiger partial charge is 0.493 e. The van der Waals surface area contributed by atoms with Crippen LogP contribution in [0.4, 0.5) is 4.79 Å². The van der Waals surface area contributed by atoms with Crippen molar-refractivity contribution in [3.63, 3.8) is 0 Å². The number of nitrogens with two attached hydrogens (primary N) is 1. The molecule has 1 aliphatic rings. The normalized spacial score (nSPS) is 14.1. The topological polar surface area (TPSA) is 64.8 Å². The van der Waals surface area contributed by atoms with Crippen molar-refractivity contribution >= 4 is 6.03 Å². The van der Waals surface area contributed by atoms with E-state index in [1.807, 2.05) is 12.1 Å². The third-order valence-electron chi connectivity index (χ3n) is 3.03. The third-order valence-corrected chi connectivity index (χ3v) is 3.03. The van der Waals surface area contributed by atoms with Crippen LogP contribution < -0.4 is 15.2 Å². The first-order valence-electron chi connectivity index (χ1n) is 5.44. The molecule has 1 aliphatic heterocycles. The van der Waals surface area contributed by atoms with E-state index < -0.39 is 0 Å². The van der Waals surface area contributed by atoms with Crippen molar-refractivity contribution in [1.82, 2.24) is 4.90 Å². The molecule has 2 rings (SSSR count). The smallest absolute Gasteiger partial charge is 0.315 e. The van der Waals surface area contributed by atoms with Crippen molar-refractivity contribution in [3.8, 4) is 11.5 Å². The van der Waals surface area contributed by atoms with Crippen LogP contribution in [0.25, 0.3) is 0 Å². The van der Waals surface area contributed by atoms with Crippen molar-refractivity contribution in [2.75, 3.05) is 20.8 Å². The van der Waals surface area contributed by atoms with Gasteiger partial charge in [0.05, 0.1) is 14.2 Å². The zero-order valence-electron chi connectivity index (χ0n) is 10.0. The summed E-state index contributed by atoms with van der Waals surface area (Å²) in [5.74, 6) is 1.40. The third kappa shape index (κ3) is 2.13. The van der Waals surface area contributed by atoms with Crippen molar-refractivity contribution in [3.05, 3.63) is 23.3 Å². The highest BCUT2D eigenvalue weighted by molar-refractivity contribution is 5.72. The average Bonchev–Trinajstić information content (AvgIpc) is 2.36. The SMILES string of the molecule is COc1cc2c(cc1OC)CN(C(N)=O)CC2. The molecule has 5 heteroatoms. The van der Waals surface area contributed by atoms with E-state index in [0.29, 0.717) is 18.8 Å². The summed E-state index contributed by atoms with van der Waals surface area (Å²) in [4.78, 5) is 12.8. The monoisotopic (exact) mass is 236 g/mol. The number of carbonyl (C=O) groups excluding carboxylic acids is 1. The van der Waals surface area contributed by atoms with E-state index in [0.717, 1.165) is 17.7 Å². The summed E-state index contributed by atoms with van der Waals surface area (Å²) in [6.45, 7) is 1.18. The first kappa shape index (κ1) is 11.6. The highest BCUT2D eigenvalue weighted by Gasteiger charge is 2.21.